The van der Waals surface area contributed by atoms with Gasteiger partial charge in [-0.3, -0.25) is 4.79 Å². The summed E-state index contributed by atoms with van der Waals surface area (Å²) in [5, 5.41) is 2.80. The summed E-state index contributed by atoms with van der Waals surface area (Å²) in [5.41, 5.74) is 1.88. The van der Waals surface area contributed by atoms with E-state index in [1.165, 1.54) is 18.4 Å². The standard InChI is InChI=1S/C14H12BrNO3S/c1-8-3-4-9(14(18)19-2)7-10(8)16-13(17)11-5-6-12(15)20-11/h3-7H,1-2H3,(H,16,17). The van der Waals surface area contributed by atoms with E-state index >= 15 is 0 Å². The SMILES string of the molecule is COC(=O)c1ccc(C)c(NC(=O)c2ccc(Br)s2)c1. The molecule has 0 unspecified atom stereocenters. The van der Waals surface area contributed by atoms with Crippen LogP contribution >= 0.6 is 27.3 Å². The van der Waals surface area contributed by atoms with E-state index in [9.17, 15) is 9.59 Å². The largest absolute Gasteiger partial charge is 0.465 e. The van der Waals surface area contributed by atoms with Crippen molar-refractivity contribution < 1.29 is 14.3 Å². The van der Waals surface area contributed by atoms with Crippen LogP contribution in [-0.4, -0.2) is 19.0 Å². The maximum Gasteiger partial charge on any atom is 0.337 e. The molecule has 6 heteroatoms. The molecular weight excluding hydrogens is 342 g/mol. The Balaban J connectivity index is 2.24. The summed E-state index contributed by atoms with van der Waals surface area (Å²) in [4.78, 5) is 24.2. The molecule has 1 heterocycles. The molecule has 0 atom stereocenters. The Bertz CT molecular complexity index is 666. The number of carbonyl (C=O) groups excluding carboxylic acids is 2. The minimum absolute atomic E-state index is 0.203. The quantitative estimate of drug-likeness (QED) is 0.852. The minimum atomic E-state index is -0.431. The van der Waals surface area contributed by atoms with Gasteiger partial charge in [0.05, 0.1) is 21.3 Å². The average Bonchev–Trinajstić information content (AvgIpc) is 2.87. The zero-order valence-electron chi connectivity index (χ0n) is 10.9. The Hall–Kier alpha value is -1.66. The lowest BCUT2D eigenvalue weighted by Gasteiger charge is -2.09. The Morgan fingerprint density at radius 1 is 1.25 bits per heavy atom. The van der Waals surface area contributed by atoms with Gasteiger partial charge in [-0.2, -0.15) is 0 Å². The van der Waals surface area contributed by atoms with Crippen LogP contribution in [0.4, 0.5) is 5.69 Å². The molecule has 0 aliphatic heterocycles. The molecule has 0 saturated heterocycles. The van der Waals surface area contributed by atoms with E-state index in [0.29, 0.717) is 16.1 Å². The highest BCUT2D eigenvalue weighted by molar-refractivity contribution is 9.11. The molecule has 0 aliphatic rings. The lowest BCUT2D eigenvalue weighted by Crippen LogP contribution is -2.12. The molecule has 4 nitrogen and oxygen atoms in total. The second-order valence-corrected chi connectivity index (χ2v) is 6.54. The van der Waals surface area contributed by atoms with Crippen molar-refractivity contribution in [3.05, 3.63) is 50.1 Å². The second-order valence-electron chi connectivity index (χ2n) is 4.08. The molecule has 0 fully saturated rings. The van der Waals surface area contributed by atoms with Crippen molar-refractivity contribution in [2.75, 3.05) is 12.4 Å². The monoisotopic (exact) mass is 353 g/mol. The van der Waals surface area contributed by atoms with E-state index < -0.39 is 5.97 Å². The van der Waals surface area contributed by atoms with Gasteiger partial charge in [-0.1, -0.05) is 6.07 Å². The first-order valence-electron chi connectivity index (χ1n) is 5.77. The normalized spacial score (nSPS) is 10.2. The number of benzene rings is 1. The molecule has 0 saturated carbocycles. The van der Waals surface area contributed by atoms with Crippen molar-refractivity contribution >= 4 is 44.8 Å². The summed E-state index contributed by atoms with van der Waals surface area (Å²) in [6.45, 7) is 1.86. The van der Waals surface area contributed by atoms with Gasteiger partial charge < -0.3 is 10.1 Å². The molecule has 20 heavy (non-hydrogen) atoms. The van der Waals surface area contributed by atoms with Crippen molar-refractivity contribution in [1.29, 1.82) is 0 Å². The Morgan fingerprint density at radius 2 is 2.00 bits per heavy atom. The van der Waals surface area contributed by atoms with Gasteiger partial charge in [-0.25, -0.2) is 4.79 Å². The second kappa shape index (κ2) is 6.19. The zero-order valence-corrected chi connectivity index (χ0v) is 13.3. The number of methoxy groups -OCH3 is 1. The first kappa shape index (κ1) is 14.7. The van der Waals surface area contributed by atoms with Crippen LogP contribution in [0.1, 0.15) is 25.6 Å². The lowest BCUT2D eigenvalue weighted by atomic mass is 10.1. The maximum atomic E-state index is 12.1. The molecule has 1 N–H and O–H groups in total. The average molecular weight is 354 g/mol. The van der Waals surface area contributed by atoms with Gasteiger partial charge in [0.25, 0.3) is 5.91 Å². The van der Waals surface area contributed by atoms with E-state index in [-0.39, 0.29) is 5.91 Å². The highest BCUT2D eigenvalue weighted by Gasteiger charge is 2.12. The van der Waals surface area contributed by atoms with Crippen molar-refractivity contribution in [3.8, 4) is 0 Å². The van der Waals surface area contributed by atoms with Crippen LogP contribution in [0.3, 0.4) is 0 Å². The fourth-order valence-electron chi connectivity index (χ4n) is 1.62. The number of anilines is 1. The number of ether oxygens (including phenoxy) is 1. The van der Waals surface area contributed by atoms with E-state index in [1.54, 1.807) is 24.3 Å². The van der Waals surface area contributed by atoms with Gasteiger partial charge in [-0.05, 0) is 52.7 Å². The molecule has 0 spiro atoms. The van der Waals surface area contributed by atoms with E-state index in [4.69, 9.17) is 0 Å². The predicted octanol–water partition coefficient (Wildman–Crippen LogP) is 3.86. The van der Waals surface area contributed by atoms with E-state index in [2.05, 4.69) is 26.0 Å². The third-order valence-electron chi connectivity index (χ3n) is 2.70. The van der Waals surface area contributed by atoms with Crippen molar-refractivity contribution in [2.24, 2.45) is 0 Å². The van der Waals surface area contributed by atoms with Crippen LogP contribution in [-0.2, 0) is 4.74 Å². The molecule has 2 rings (SSSR count). The molecule has 2 aromatic rings. The number of esters is 1. The summed E-state index contributed by atoms with van der Waals surface area (Å²) in [7, 11) is 1.32. The molecule has 1 aromatic heterocycles. The molecule has 0 radical (unpaired) electrons. The van der Waals surface area contributed by atoms with Crippen LogP contribution in [0.2, 0.25) is 0 Å². The van der Waals surface area contributed by atoms with Gasteiger partial charge in [0.15, 0.2) is 0 Å². The van der Waals surface area contributed by atoms with Crippen molar-refractivity contribution in [1.82, 2.24) is 0 Å². The van der Waals surface area contributed by atoms with Gasteiger partial charge in [0.1, 0.15) is 0 Å². The fraction of sp³-hybridized carbons (Fsp3) is 0.143. The van der Waals surface area contributed by atoms with Gasteiger partial charge in [0, 0.05) is 5.69 Å². The number of thiophene rings is 1. The van der Waals surface area contributed by atoms with Crippen LogP contribution in [0.25, 0.3) is 0 Å². The number of hydrogen-bond donors (Lipinski definition) is 1. The molecule has 0 aliphatic carbocycles. The lowest BCUT2D eigenvalue weighted by molar-refractivity contribution is 0.0600. The number of hydrogen-bond acceptors (Lipinski definition) is 4. The molecule has 1 aromatic carbocycles. The maximum absolute atomic E-state index is 12.1. The summed E-state index contributed by atoms with van der Waals surface area (Å²) in [5.74, 6) is -0.634. The Kier molecular flexibility index (Phi) is 4.57. The summed E-state index contributed by atoms with van der Waals surface area (Å²) >= 11 is 4.67. The van der Waals surface area contributed by atoms with Crippen molar-refractivity contribution in [3.63, 3.8) is 0 Å². The number of halogens is 1. The fourth-order valence-corrected chi connectivity index (χ4v) is 2.90. The number of nitrogens with one attached hydrogen (secondary N) is 1. The molecular formula is C14H12BrNO3S. The third kappa shape index (κ3) is 3.26. The molecule has 1 amide bonds. The van der Waals surface area contributed by atoms with Crippen LogP contribution < -0.4 is 5.32 Å². The topological polar surface area (TPSA) is 55.4 Å². The van der Waals surface area contributed by atoms with Gasteiger partial charge in [0.2, 0.25) is 0 Å². The van der Waals surface area contributed by atoms with Crippen LogP contribution in [0.5, 0.6) is 0 Å². The van der Waals surface area contributed by atoms with E-state index in [1.807, 2.05) is 13.0 Å². The first-order valence-corrected chi connectivity index (χ1v) is 7.38. The summed E-state index contributed by atoms with van der Waals surface area (Å²) in [6, 6.07) is 8.60. The van der Waals surface area contributed by atoms with E-state index in [0.717, 1.165) is 9.35 Å². The highest BCUT2D eigenvalue weighted by Crippen LogP contribution is 2.24. The molecule has 104 valence electrons. The summed E-state index contributed by atoms with van der Waals surface area (Å²) < 4.78 is 5.56. The third-order valence-corrected chi connectivity index (χ3v) is 4.33. The minimum Gasteiger partial charge on any atom is -0.465 e. The number of aryl methyl sites for hydroxylation is 1. The van der Waals surface area contributed by atoms with Gasteiger partial charge >= 0.3 is 5.97 Å². The predicted molar refractivity (Wildman–Crippen MR) is 82.5 cm³/mol. The molecule has 0 bridgehead atoms. The Labute approximate surface area is 128 Å². The smallest absolute Gasteiger partial charge is 0.337 e. The zero-order chi connectivity index (χ0) is 14.7. The highest BCUT2D eigenvalue weighted by atomic mass is 79.9. The number of carbonyl (C=O) groups is 2. The number of rotatable bonds is 3. The van der Waals surface area contributed by atoms with Gasteiger partial charge in [-0.15, -0.1) is 11.3 Å². The van der Waals surface area contributed by atoms with Crippen LogP contribution in [0.15, 0.2) is 34.1 Å². The first-order chi connectivity index (χ1) is 9.51. The summed E-state index contributed by atoms with van der Waals surface area (Å²) in [6.07, 6.45) is 0. The van der Waals surface area contributed by atoms with Crippen LogP contribution in [0, 0.1) is 6.92 Å². The van der Waals surface area contributed by atoms with Crippen molar-refractivity contribution in [2.45, 2.75) is 6.92 Å². The number of amides is 1. The Morgan fingerprint density at radius 3 is 2.60 bits per heavy atom.